The average Bonchev–Trinajstić information content (AvgIpc) is 2.69. The van der Waals surface area contributed by atoms with Gasteiger partial charge in [-0.2, -0.15) is 0 Å². The van der Waals surface area contributed by atoms with E-state index in [0.29, 0.717) is 10.8 Å². The van der Waals surface area contributed by atoms with Gasteiger partial charge < -0.3 is 18.9 Å². The molecule has 0 saturated carbocycles. The van der Waals surface area contributed by atoms with Crippen molar-refractivity contribution in [1.82, 2.24) is 0 Å². The highest BCUT2D eigenvalue weighted by Gasteiger charge is 2.27. The third-order valence-electron chi connectivity index (χ3n) is 3.99. The summed E-state index contributed by atoms with van der Waals surface area (Å²) in [6, 6.07) is 15.3. The lowest BCUT2D eigenvalue weighted by Gasteiger charge is -2.20. The van der Waals surface area contributed by atoms with E-state index >= 15 is 0 Å². The number of esters is 2. The number of hydrogen-bond acceptors (Lipinski definition) is 7. The van der Waals surface area contributed by atoms with Crippen LogP contribution in [0.5, 0.6) is 23.0 Å². The lowest BCUT2D eigenvalue weighted by Crippen LogP contribution is -2.08. The van der Waals surface area contributed by atoms with E-state index in [9.17, 15) is 9.59 Å². The Morgan fingerprint density at radius 3 is 1.90 bits per heavy atom. The fraction of sp³-hybridized carbons (Fsp3) is 0.182. The summed E-state index contributed by atoms with van der Waals surface area (Å²) in [5, 5.41) is 1.15. The monoisotopic (exact) mass is 412 g/mol. The molecule has 3 aromatic carbocycles. The van der Waals surface area contributed by atoms with Crippen molar-refractivity contribution in [2.24, 2.45) is 0 Å². The molecule has 0 aliphatic carbocycles. The maximum Gasteiger partial charge on any atom is 0.308 e. The van der Waals surface area contributed by atoms with E-state index in [0.717, 1.165) is 9.79 Å². The van der Waals surface area contributed by atoms with Crippen molar-refractivity contribution < 1.29 is 28.5 Å². The topological polar surface area (TPSA) is 71.1 Å². The second-order valence-corrected chi connectivity index (χ2v) is 7.12. The fourth-order valence-corrected chi connectivity index (χ4v) is 3.95. The molecule has 0 saturated heterocycles. The largest absolute Gasteiger partial charge is 0.490 e. The van der Waals surface area contributed by atoms with Gasteiger partial charge in [0, 0.05) is 34.4 Å². The molecule has 3 aromatic rings. The molecule has 6 nitrogen and oxygen atoms in total. The lowest BCUT2D eigenvalue weighted by molar-refractivity contribution is -0.133. The van der Waals surface area contributed by atoms with Gasteiger partial charge in [-0.1, -0.05) is 42.1 Å². The van der Waals surface area contributed by atoms with Gasteiger partial charge in [0.25, 0.3) is 0 Å². The zero-order chi connectivity index (χ0) is 21.0. The molecule has 0 aliphatic rings. The molecule has 0 heterocycles. The Balaban J connectivity index is 2.38. The maximum absolute atomic E-state index is 11.8. The van der Waals surface area contributed by atoms with Crippen LogP contribution in [-0.2, 0) is 9.59 Å². The van der Waals surface area contributed by atoms with Crippen LogP contribution in [0.3, 0.4) is 0 Å². The van der Waals surface area contributed by atoms with E-state index in [1.165, 1.54) is 39.8 Å². The Hall–Kier alpha value is -3.19. The highest BCUT2D eigenvalue weighted by molar-refractivity contribution is 7.99. The van der Waals surface area contributed by atoms with Gasteiger partial charge in [0.05, 0.1) is 14.2 Å². The van der Waals surface area contributed by atoms with E-state index in [2.05, 4.69) is 0 Å². The molecule has 3 rings (SSSR count). The van der Waals surface area contributed by atoms with Gasteiger partial charge in [-0.25, -0.2) is 0 Å². The van der Waals surface area contributed by atoms with Crippen LogP contribution in [0.2, 0.25) is 0 Å². The van der Waals surface area contributed by atoms with Crippen LogP contribution in [-0.4, -0.2) is 26.2 Å². The van der Waals surface area contributed by atoms with Crippen LogP contribution < -0.4 is 18.9 Å². The molecule has 0 atom stereocenters. The SMILES string of the molecule is COc1c(OC)c(OC(C)=O)c2c(Sc3ccccc3)cccc2c1OC(C)=O. The van der Waals surface area contributed by atoms with Crippen molar-refractivity contribution in [2.45, 2.75) is 23.6 Å². The molecule has 0 radical (unpaired) electrons. The normalized spacial score (nSPS) is 10.5. The van der Waals surface area contributed by atoms with Gasteiger partial charge in [0.15, 0.2) is 11.5 Å². The molecule has 29 heavy (non-hydrogen) atoms. The zero-order valence-electron chi connectivity index (χ0n) is 16.5. The van der Waals surface area contributed by atoms with Crippen LogP contribution in [0.1, 0.15) is 13.8 Å². The maximum atomic E-state index is 11.8. The molecule has 0 spiro atoms. The number of rotatable bonds is 6. The second kappa shape index (κ2) is 8.87. The summed E-state index contributed by atoms with van der Waals surface area (Å²) in [6.45, 7) is 2.62. The van der Waals surface area contributed by atoms with Gasteiger partial charge >= 0.3 is 11.9 Å². The molecule has 0 aliphatic heterocycles. The molecule has 0 fully saturated rings. The summed E-state index contributed by atoms with van der Waals surface area (Å²) in [4.78, 5) is 25.4. The average molecular weight is 412 g/mol. The van der Waals surface area contributed by atoms with Crippen molar-refractivity contribution in [3.63, 3.8) is 0 Å². The molecule has 0 N–H and O–H groups in total. The molecule has 7 heteroatoms. The van der Waals surface area contributed by atoms with Crippen LogP contribution in [0.15, 0.2) is 58.3 Å². The van der Waals surface area contributed by atoms with Gasteiger partial charge in [0.2, 0.25) is 11.5 Å². The number of methoxy groups -OCH3 is 2. The Labute approximate surface area is 172 Å². The molecule has 150 valence electrons. The summed E-state index contributed by atoms with van der Waals surface area (Å²) in [5.41, 5.74) is 0. The Bertz CT molecular complexity index is 1060. The first-order chi connectivity index (χ1) is 14.0. The number of hydrogen-bond donors (Lipinski definition) is 0. The molecule has 0 unspecified atom stereocenters. The van der Waals surface area contributed by atoms with Crippen molar-refractivity contribution in [2.75, 3.05) is 14.2 Å². The number of carbonyl (C=O) groups excluding carboxylic acids is 2. The summed E-state index contributed by atoms with van der Waals surface area (Å²) in [5.74, 6) is -0.250. The second-order valence-electron chi connectivity index (χ2n) is 6.01. The fourth-order valence-electron chi connectivity index (χ4n) is 2.95. The van der Waals surface area contributed by atoms with Gasteiger partial charge in [-0.3, -0.25) is 9.59 Å². The molecule has 0 aromatic heterocycles. The van der Waals surface area contributed by atoms with Crippen molar-refractivity contribution in [3.05, 3.63) is 48.5 Å². The molecule has 0 amide bonds. The smallest absolute Gasteiger partial charge is 0.308 e. The van der Waals surface area contributed by atoms with Crippen molar-refractivity contribution in [3.8, 4) is 23.0 Å². The molecular weight excluding hydrogens is 392 g/mol. The van der Waals surface area contributed by atoms with Gasteiger partial charge in [-0.05, 0) is 18.2 Å². The summed E-state index contributed by atoms with van der Waals surface area (Å²) in [6.07, 6.45) is 0. The van der Waals surface area contributed by atoms with Gasteiger partial charge in [0.1, 0.15) is 0 Å². The van der Waals surface area contributed by atoms with E-state index < -0.39 is 11.9 Å². The third-order valence-corrected chi connectivity index (χ3v) is 5.06. The highest BCUT2D eigenvalue weighted by atomic mass is 32.2. The first-order valence-corrected chi connectivity index (χ1v) is 9.58. The summed E-state index contributed by atoms with van der Waals surface area (Å²) in [7, 11) is 2.86. The minimum Gasteiger partial charge on any atom is -0.490 e. The minimum absolute atomic E-state index is 0.174. The van der Waals surface area contributed by atoms with E-state index in [1.807, 2.05) is 42.5 Å². The van der Waals surface area contributed by atoms with Gasteiger partial charge in [-0.15, -0.1) is 0 Å². The van der Waals surface area contributed by atoms with Crippen LogP contribution >= 0.6 is 11.8 Å². The minimum atomic E-state index is -0.508. The van der Waals surface area contributed by atoms with Crippen LogP contribution in [0.25, 0.3) is 10.8 Å². The van der Waals surface area contributed by atoms with E-state index in [4.69, 9.17) is 18.9 Å². The summed E-state index contributed by atoms with van der Waals surface area (Å²) < 4.78 is 22.0. The Morgan fingerprint density at radius 1 is 0.724 bits per heavy atom. The Morgan fingerprint density at radius 2 is 1.31 bits per heavy atom. The number of fused-ring (bicyclic) bond motifs is 1. The standard InChI is InChI=1S/C22H20O6S/c1-13(23)27-19-16-11-8-12-17(29-15-9-6-5-7-10-15)18(16)20(28-14(2)24)22(26-4)21(19)25-3/h5-12H,1-4H3. The predicted octanol–water partition coefficient (Wildman–Crippen LogP) is 4.86. The van der Waals surface area contributed by atoms with E-state index in [1.54, 1.807) is 6.07 Å². The van der Waals surface area contributed by atoms with Crippen LogP contribution in [0.4, 0.5) is 0 Å². The first kappa shape index (κ1) is 20.5. The van der Waals surface area contributed by atoms with Crippen LogP contribution in [0, 0.1) is 0 Å². The van der Waals surface area contributed by atoms with Crippen molar-refractivity contribution in [1.29, 1.82) is 0 Å². The summed E-state index contributed by atoms with van der Waals surface area (Å²) >= 11 is 1.49. The zero-order valence-corrected chi connectivity index (χ0v) is 17.3. The predicted molar refractivity (Wildman–Crippen MR) is 110 cm³/mol. The number of ether oxygens (including phenoxy) is 4. The van der Waals surface area contributed by atoms with E-state index in [-0.39, 0.29) is 23.0 Å². The molecule has 0 bridgehead atoms. The Kier molecular flexibility index (Phi) is 6.29. The molecular formula is C22H20O6S. The third kappa shape index (κ3) is 4.30. The number of carbonyl (C=O) groups is 2. The lowest BCUT2D eigenvalue weighted by atomic mass is 10.1. The number of benzene rings is 3. The quantitative estimate of drug-likeness (QED) is 0.423. The highest BCUT2D eigenvalue weighted by Crippen LogP contribution is 2.53. The van der Waals surface area contributed by atoms with Crippen molar-refractivity contribution >= 4 is 34.5 Å². The first-order valence-electron chi connectivity index (χ1n) is 8.76.